The molecule has 4 aromatic rings. The van der Waals surface area contributed by atoms with E-state index in [2.05, 4.69) is 13.8 Å². The predicted octanol–water partition coefficient (Wildman–Crippen LogP) is 4.38. The Hall–Kier alpha value is -3.57. The normalized spacial score (nSPS) is 11.2. The molecule has 0 atom stereocenters. The number of ether oxygens (including phenoxy) is 1. The van der Waals surface area contributed by atoms with E-state index in [0.29, 0.717) is 28.8 Å². The van der Waals surface area contributed by atoms with Gasteiger partial charge in [-0.25, -0.2) is 0 Å². The summed E-state index contributed by atoms with van der Waals surface area (Å²) in [5.41, 5.74) is 2.98. The second-order valence-corrected chi connectivity index (χ2v) is 7.50. The van der Waals surface area contributed by atoms with Crippen molar-refractivity contribution in [3.8, 4) is 28.4 Å². The number of aromatic hydroxyl groups is 1. The van der Waals surface area contributed by atoms with Gasteiger partial charge in [0, 0.05) is 0 Å². The lowest BCUT2D eigenvalue weighted by Gasteiger charge is -2.17. The SMILES string of the molecule is CC[NH+](CC)Cc1c(O)ccc2c(=O)c(Oc3ccc(-c4ccccc4)cc3)coc12. The van der Waals surface area contributed by atoms with Crippen LogP contribution in [0.25, 0.3) is 22.1 Å². The molecule has 1 aromatic heterocycles. The molecule has 0 aliphatic carbocycles. The largest absolute Gasteiger partial charge is 0.507 e. The molecule has 0 saturated carbocycles. The Morgan fingerprint density at radius 1 is 0.903 bits per heavy atom. The van der Waals surface area contributed by atoms with Gasteiger partial charge in [0.15, 0.2) is 5.58 Å². The van der Waals surface area contributed by atoms with E-state index >= 15 is 0 Å². The molecule has 31 heavy (non-hydrogen) atoms. The minimum Gasteiger partial charge on any atom is -0.507 e. The minimum absolute atomic E-state index is 0.117. The fourth-order valence-electron chi connectivity index (χ4n) is 3.69. The molecule has 0 aliphatic rings. The van der Waals surface area contributed by atoms with Gasteiger partial charge in [-0.15, -0.1) is 0 Å². The lowest BCUT2D eigenvalue weighted by molar-refractivity contribution is -0.910. The van der Waals surface area contributed by atoms with Crippen LogP contribution < -0.4 is 15.1 Å². The van der Waals surface area contributed by atoms with Gasteiger partial charge in [-0.1, -0.05) is 42.5 Å². The zero-order valence-corrected chi connectivity index (χ0v) is 17.7. The first kappa shape index (κ1) is 20.7. The molecule has 0 aliphatic heterocycles. The highest BCUT2D eigenvalue weighted by Crippen LogP contribution is 2.29. The summed E-state index contributed by atoms with van der Waals surface area (Å²) in [5, 5.41) is 10.8. The lowest BCUT2D eigenvalue weighted by atomic mass is 10.1. The van der Waals surface area contributed by atoms with Crippen LogP contribution in [0.4, 0.5) is 0 Å². The Balaban J connectivity index is 1.64. The Bertz CT molecular complexity index is 1230. The first-order valence-electron chi connectivity index (χ1n) is 10.5. The molecule has 158 valence electrons. The molecular weight excluding hydrogens is 390 g/mol. The third kappa shape index (κ3) is 4.32. The number of quaternary nitrogens is 1. The van der Waals surface area contributed by atoms with Gasteiger partial charge >= 0.3 is 0 Å². The molecule has 3 aromatic carbocycles. The quantitative estimate of drug-likeness (QED) is 0.469. The monoisotopic (exact) mass is 416 g/mol. The van der Waals surface area contributed by atoms with E-state index in [1.807, 2.05) is 54.6 Å². The lowest BCUT2D eigenvalue weighted by Crippen LogP contribution is -3.10. The predicted molar refractivity (Wildman–Crippen MR) is 122 cm³/mol. The molecule has 5 heteroatoms. The summed E-state index contributed by atoms with van der Waals surface area (Å²) in [6, 6.07) is 20.8. The number of benzene rings is 3. The zero-order valence-electron chi connectivity index (χ0n) is 17.7. The molecule has 0 radical (unpaired) electrons. The van der Waals surface area contributed by atoms with Gasteiger partial charge in [0.25, 0.3) is 0 Å². The second-order valence-electron chi connectivity index (χ2n) is 7.50. The van der Waals surface area contributed by atoms with Gasteiger partial charge in [0.2, 0.25) is 11.2 Å². The van der Waals surface area contributed by atoms with Crippen LogP contribution in [0.1, 0.15) is 19.4 Å². The molecule has 0 bridgehead atoms. The van der Waals surface area contributed by atoms with Gasteiger partial charge < -0.3 is 19.2 Å². The van der Waals surface area contributed by atoms with Crippen molar-refractivity contribution < 1.29 is 19.2 Å². The molecule has 0 fully saturated rings. The van der Waals surface area contributed by atoms with Gasteiger partial charge in [0.05, 0.1) is 24.0 Å². The molecule has 1 heterocycles. The van der Waals surface area contributed by atoms with Gasteiger partial charge in [-0.3, -0.25) is 4.79 Å². The zero-order chi connectivity index (χ0) is 21.8. The van der Waals surface area contributed by atoms with E-state index in [1.165, 1.54) is 11.2 Å². The Kier molecular flexibility index (Phi) is 6.05. The topological polar surface area (TPSA) is 64.1 Å². The standard InChI is InChI=1S/C26H25NO4/c1-3-27(4-2)16-22-23(28)15-14-21-25(29)24(17-30-26(21)22)31-20-12-10-19(11-13-20)18-8-6-5-7-9-18/h5-15,17,28H,3-4,16H2,1-2H3/p+1. The van der Waals surface area contributed by atoms with Crippen molar-refractivity contribution in [2.75, 3.05) is 13.1 Å². The third-order valence-corrected chi connectivity index (χ3v) is 5.60. The Morgan fingerprint density at radius 2 is 1.58 bits per heavy atom. The maximum atomic E-state index is 13.0. The highest BCUT2D eigenvalue weighted by atomic mass is 16.5. The van der Waals surface area contributed by atoms with Crippen LogP contribution >= 0.6 is 0 Å². The Labute approximate surface area is 181 Å². The maximum Gasteiger partial charge on any atom is 0.235 e. The summed E-state index contributed by atoms with van der Waals surface area (Å²) in [5.74, 6) is 0.810. The van der Waals surface area contributed by atoms with Crippen LogP contribution in [-0.2, 0) is 6.54 Å². The summed E-state index contributed by atoms with van der Waals surface area (Å²) < 4.78 is 11.6. The van der Waals surface area contributed by atoms with Crippen molar-refractivity contribution >= 4 is 11.0 Å². The number of nitrogens with one attached hydrogen (secondary N) is 1. The number of phenolic OH excluding ortho intramolecular Hbond substituents is 1. The highest BCUT2D eigenvalue weighted by Gasteiger charge is 2.18. The van der Waals surface area contributed by atoms with Crippen LogP contribution in [0.3, 0.4) is 0 Å². The summed E-state index contributed by atoms with van der Waals surface area (Å²) in [6.07, 6.45) is 1.33. The van der Waals surface area contributed by atoms with Crippen LogP contribution in [0.5, 0.6) is 17.2 Å². The van der Waals surface area contributed by atoms with E-state index in [9.17, 15) is 9.90 Å². The maximum absolute atomic E-state index is 13.0. The van der Waals surface area contributed by atoms with Gasteiger partial charge in [0.1, 0.15) is 24.3 Å². The number of phenols is 1. The summed E-state index contributed by atoms with van der Waals surface area (Å²) in [4.78, 5) is 14.3. The van der Waals surface area contributed by atoms with Gasteiger partial charge in [-0.05, 0) is 49.2 Å². The average molecular weight is 416 g/mol. The van der Waals surface area contributed by atoms with E-state index in [0.717, 1.165) is 24.2 Å². The fraction of sp³-hybridized carbons (Fsp3) is 0.192. The first-order valence-corrected chi connectivity index (χ1v) is 10.5. The first-order chi connectivity index (χ1) is 15.1. The summed E-state index contributed by atoms with van der Waals surface area (Å²) in [6.45, 7) is 6.59. The molecule has 2 N–H and O–H groups in total. The highest BCUT2D eigenvalue weighted by molar-refractivity contribution is 5.82. The van der Waals surface area contributed by atoms with Gasteiger partial charge in [-0.2, -0.15) is 0 Å². The van der Waals surface area contributed by atoms with Crippen molar-refractivity contribution in [3.05, 3.63) is 88.8 Å². The number of fused-ring (bicyclic) bond motifs is 1. The molecule has 0 amide bonds. The van der Waals surface area contributed by atoms with Crippen molar-refractivity contribution in [2.24, 2.45) is 0 Å². The van der Waals surface area contributed by atoms with E-state index in [1.54, 1.807) is 12.1 Å². The fourth-order valence-corrected chi connectivity index (χ4v) is 3.69. The molecule has 0 unspecified atom stereocenters. The third-order valence-electron chi connectivity index (χ3n) is 5.60. The average Bonchev–Trinajstić information content (AvgIpc) is 2.81. The van der Waals surface area contributed by atoms with Crippen LogP contribution in [-0.4, -0.2) is 18.2 Å². The number of hydrogen-bond acceptors (Lipinski definition) is 4. The second kappa shape index (κ2) is 9.06. The van der Waals surface area contributed by atoms with Crippen LogP contribution in [0, 0.1) is 0 Å². The summed E-state index contributed by atoms with van der Waals surface area (Å²) in [7, 11) is 0. The van der Waals surface area contributed by atoms with E-state index in [-0.39, 0.29) is 16.9 Å². The number of hydrogen-bond donors (Lipinski definition) is 2. The molecule has 4 rings (SSSR count). The van der Waals surface area contributed by atoms with E-state index in [4.69, 9.17) is 9.15 Å². The minimum atomic E-state index is -0.260. The van der Waals surface area contributed by atoms with Crippen LogP contribution in [0.2, 0.25) is 0 Å². The Morgan fingerprint density at radius 3 is 2.26 bits per heavy atom. The molecular formula is C26H26NO4+. The molecule has 5 nitrogen and oxygen atoms in total. The van der Waals surface area contributed by atoms with Crippen molar-refractivity contribution in [1.82, 2.24) is 0 Å². The smallest absolute Gasteiger partial charge is 0.235 e. The van der Waals surface area contributed by atoms with Crippen molar-refractivity contribution in [1.29, 1.82) is 0 Å². The van der Waals surface area contributed by atoms with Crippen molar-refractivity contribution in [3.63, 3.8) is 0 Å². The number of rotatable bonds is 7. The summed E-state index contributed by atoms with van der Waals surface area (Å²) >= 11 is 0. The van der Waals surface area contributed by atoms with Crippen molar-refractivity contribution in [2.45, 2.75) is 20.4 Å². The molecule has 0 spiro atoms. The van der Waals surface area contributed by atoms with Crippen LogP contribution in [0.15, 0.2) is 82.2 Å². The van der Waals surface area contributed by atoms with E-state index < -0.39 is 0 Å². The molecule has 0 saturated heterocycles.